The van der Waals surface area contributed by atoms with Gasteiger partial charge < -0.3 is 15.6 Å². The molecular formula is C25H25N7O3S. The molecule has 2 aromatic heterocycles. The van der Waals surface area contributed by atoms with Gasteiger partial charge in [-0.2, -0.15) is 5.10 Å². The zero-order valence-corrected chi connectivity index (χ0v) is 20.8. The summed E-state index contributed by atoms with van der Waals surface area (Å²) in [6.45, 7) is 6.40. The van der Waals surface area contributed by atoms with Crippen molar-refractivity contribution in [2.75, 3.05) is 17.2 Å². The summed E-state index contributed by atoms with van der Waals surface area (Å²) in [6.07, 6.45) is 1.39. The number of nitrogens with two attached hydrogens (primary N) is 1. The van der Waals surface area contributed by atoms with E-state index >= 15 is 0 Å². The maximum Gasteiger partial charge on any atom is 0.326 e. The first-order valence-electron chi connectivity index (χ1n) is 11.3. The molecule has 1 aromatic carbocycles. The average Bonchev–Trinajstić information content (AvgIpc) is 3.59. The van der Waals surface area contributed by atoms with Crippen molar-refractivity contribution in [3.8, 4) is 0 Å². The molecule has 2 aliphatic heterocycles. The Balaban J connectivity index is 1.36. The van der Waals surface area contributed by atoms with Gasteiger partial charge in [0.05, 0.1) is 23.0 Å². The predicted octanol–water partition coefficient (Wildman–Crippen LogP) is 4.52. The van der Waals surface area contributed by atoms with Crippen LogP contribution in [0.15, 0.2) is 68.2 Å². The molecule has 4 N–H and O–H groups in total. The SMILES string of the molecule is CC(C)(C)c1cc(NC(=O)Nc2ccc(C3=C4C(N)=NC=NN4CC3C(=O)c3cccs3)cc2)on1. The van der Waals surface area contributed by atoms with E-state index in [0.717, 1.165) is 16.8 Å². The molecule has 4 heterocycles. The van der Waals surface area contributed by atoms with Crippen LogP contribution in [0.3, 0.4) is 0 Å². The number of hydrogen-bond donors (Lipinski definition) is 3. The van der Waals surface area contributed by atoms with Gasteiger partial charge in [0.15, 0.2) is 11.6 Å². The quantitative estimate of drug-likeness (QED) is 0.438. The van der Waals surface area contributed by atoms with Gasteiger partial charge in [0.1, 0.15) is 12.0 Å². The third kappa shape index (κ3) is 4.52. The number of thiophene rings is 1. The van der Waals surface area contributed by atoms with E-state index in [2.05, 4.69) is 25.9 Å². The molecule has 0 saturated carbocycles. The van der Waals surface area contributed by atoms with Crippen LogP contribution < -0.4 is 16.4 Å². The zero-order chi connectivity index (χ0) is 25.4. The topological polar surface area (TPSA) is 138 Å². The number of fused-ring (bicyclic) bond motifs is 1. The zero-order valence-electron chi connectivity index (χ0n) is 20.0. The minimum absolute atomic E-state index is 0.00756. The molecule has 0 bridgehead atoms. The summed E-state index contributed by atoms with van der Waals surface area (Å²) >= 11 is 1.40. The largest absolute Gasteiger partial charge is 0.382 e. The number of Topliss-reactive ketones (excluding diaryl/α,β-unsaturated/α-hetero) is 1. The highest BCUT2D eigenvalue weighted by Gasteiger charge is 2.40. The molecule has 1 unspecified atom stereocenters. The second-order valence-corrected chi connectivity index (χ2v) is 10.4. The highest BCUT2D eigenvalue weighted by atomic mass is 32.1. The van der Waals surface area contributed by atoms with Crippen molar-refractivity contribution in [1.82, 2.24) is 10.2 Å². The van der Waals surface area contributed by atoms with Crippen LogP contribution in [0.1, 0.15) is 41.7 Å². The van der Waals surface area contributed by atoms with Crippen LogP contribution in [0.5, 0.6) is 0 Å². The van der Waals surface area contributed by atoms with Crippen LogP contribution in [0.25, 0.3) is 5.57 Å². The standard InChI is InChI=1S/C25H25N7O3S/c1-25(2,3)18-11-19(35-31-18)30-24(34)29-15-8-6-14(7-9-15)20-16(22(33)17-5-4-10-36-17)12-32-21(20)23(26)27-13-28-32/h4-11,13,16H,12H2,1-3H3,(H2,26,27,28)(H2,29,30,34). The second-order valence-electron chi connectivity index (χ2n) is 9.47. The van der Waals surface area contributed by atoms with Crippen molar-refractivity contribution < 1.29 is 14.1 Å². The fourth-order valence-corrected chi connectivity index (χ4v) is 4.80. The fraction of sp³-hybridized carbons (Fsp3) is 0.240. The maximum absolute atomic E-state index is 13.3. The van der Waals surface area contributed by atoms with Crippen LogP contribution in [-0.4, -0.2) is 40.7 Å². The molecule has 36 heavy (non-hydrogen) atoms. The van der Waals surface area contributed by atoms with Gasteiger partial charge in [0.25, 0.3) is 0 Å². The van der Waals surface area contributed by atoms with E-state index in [1.807, 2.05) is 50.4 Å². The lowest BCUT2D eigenvalue weighted by molar-refractivity contribution is 0.0946. The van der Waals surface area contributed by atoms with E-state index in [1.165, 1.54) is 17.7 Å². The highest BCUT2D eigenvalue weighted by Crippen LogP contribution is 2.39. The normalized spacial score (nSPS) is 17.1. The monoisotopic (exact) mass is 503 g/mol. The maximum atomic E-state index is 13.3. The number of nitrogens with one attached hydrogen (secondary N) is 2. The van der Waals surface area contributed by atoms with E-state index < -0.39 is 11.9 Å². The van der Waals surface area contributed by atoms with Crippen molar-refractivity contribution in [2.45, 2.75) is 26.2 Å². The summed E-state index contributed by atoms with van der Waals surface area (Å²) in [5, 5.41) is 17.3. The van der Waals surface area contributed by atoms with E-state index in [-0.39, 0.29) is 17.1 Å². The highest BCUT2D eigenvalue weighted by molar-refractivity contribution is 7.12. The van der Waals surface area contributed by atoms with Crippen molar-refractivity contribution in [2.24, 2.45) is 21.7 Å². The number of hydrogen-bond acceptors (Lipinski definition) is 9. The Morgan fingerprint density at radius 2 is 1.94 bits per heavy atom. The lowest BCUT2D eigenvalue weighted by Gasteiger charge is -2.18. The summed E-state index contributed by atoms with van der Waals surface area (Å²) in [6, 6.07) is 12.1. The summed E-state index contributed by atoms with van der Waals surface area (Å²) < 4.78 is 5.21. The molecule has 0 radical (unpaired) electrons. The lowest BCUT2D eigenvalue weighted by Crippen LogP contribution is -2.29. The molecule has 1 atom stereocenters. The first kappa shape index (κ1) is 23.5. The number of amidine groups is 1. The Kier molecular flexibility index (Phi) is 5.92. The Labute approximate surface area is 211 Å². The van der Waals surface area contributed by atoms with Gasteiger partial charge in [0, 0.05) is 22.7 Å². The molecule has 2 aliphatic rings. The van der Waals surface area contributed by atoms with E-state index in [1.54, 1.807) is 23.2 Å². The van der Waals surface area contributed by atoms with Gasteiger partial charge in [-0.05, 0) is 29.1 Å². The third-order valence-electron chi connectivity index (χ3n) is 5.90. The number of carbonyl (C=O) groups excluding carboxylic acids is 2. The Morgan fingerprint density at radius 1 is 1.17 bits per heavy atom. The Hall–Kier alpha value is -4.25. The third-order valence-corrected chi connectivity index (χ3v) is 6.78. The van der Waals surface area contributed by atoms with Crippen molar-refractivity contribution in [3.63, 3.8) is 0 Å². The van der Waals surface area contributed by atoms with Crippen molar-refractivity contribution >= 4 is 52.5 Å². The Bertz CT molecular complexity index is 1400. The second kappa shape index (κ2) is 9.08. The summed E-state index contributed by atoms with van der Waals surface area (Å²) in [5.41, 5.74) is 9.50. The Morgan fingerprint density at radius 3 is 2.61 bits per heavy atom. The molecule has 0 aliphatic carbocycles. The number of carbonyl (C=O) groups is 2. The van der Waals surface area contributed by atoms with Crippen molar-refractivity contribution in [1.29, 1.82) is 0 Å². The molecule has 184 valence electrons. The summed E-state index contributed by atoms with van der Waals surface area (Å²) in [7, 11) is 0. The van der Waals surface area contributed by atoms with Gasteiger partial charge in [-0.15, -0.1) is 11.3 Å². The van der Waals surface area contributed by atoms with E-state index in [9.17, 15) is 9.59 Å². The molecule has 0 saturated heterocycles. The smallest absolute Gasteiger partial charge is 0.326 e. The van der Waals surface area contributed by atoms with Crippen LogP contribution in [-0.2, 0) is 5.41 Å². The van der Waals surface area contributed by atoms with Crippen LogP contribution in [0.2, 0.25) is 0 Å². The first-order chi connectivity index (χ1) is 17.2. The van der Waals surface area contributed by atoms with Crippen LogP contribution in [0, 0.1) is 5.92 Å². The van der Waals surface area contributed by atoms with Crippen molar-refractivity contribution in [3.05, 3.63) is 69.7 Å². The number of ketones is 1. The number of aromatic nitrogens is 1. The fourth-order valence-electron chi connectivity index (χ4n) is 4.08. The average molecular weight is 504 g/mol. The molecule has 11 heteroatoms. The summed E-state index contributed by atoms with van der Waals surface area (Å²) in [5.74, 6) is 0.126. The van der Waals surface area contributed by atoms with E-state index in [0.29, 0.717) is 28.6 Å². The first-order valence-corrected chi connectivity index (χ1v) is 12.2. The summed E-state index contributed by atoms with van der Waals surface area (Å²) in [4.78, 5) is 30.6. The van der Waals surface area contributed by atoms with Gasteiger partial charge >= 0.3 is 6.03 Å². The molecule has 0 fully saturated rings. The molecule has 5 rings (SSSR count). The molecule has 0 spiro atoms. The van der Waals surface area contributed by atoms with Gasteiger partial charge in [-0.3, -0.25) is 15.1 Å². The number of urea groups is 1. The molecule has 10 nitrogen and oxygen atoms in total. The number of rotatable bonds is 5. The predicted molar refractivity (Wildman–Crippen MR) is 140 cm³/mol. The number of amides is 2. The number of anilines is 2. The lowest BCUT2D eigenvalue weighted by atomic mass is 9.89. The minimum atomic E-state index is -0.461. The van der Waals surface area contributed by atoms with Gasteiger partial charge in [0.2, 0.25) is 5.88 Å². The number of aliphatic imine (C=N–C) groups is 1. The number of nitrogens with zero attached hydrogens (tertiary/aromatic N) is 4. The van der Waals surface area contributed by atoms with Crippen LogP contribution in [0.4, 0.5) is 16.4 Å². The van der Waals surface area contributed by atoms with Gasteiger partial charge in [-0.1, -0.05) is 44.1 Å². The molecule has 3 aromatic rings. The molecule has 2 amide bonds. The van der Waals surface area contributed by atoms with Crippen LogP contribution >= 0.6 is 11.3 Å². The molecular weight excluding hydrogens is 478 g/mol. The number of benzene rings is 1. The van der Waals surface area contributed by atoms with Gasteiger partial charge in [-0.25, -0.2) is 9.79 Å². The minimum Gasteiger partial charge on any atom is -0.382 e. The van der Waals surface area contributed by atoms with E-state index in [4.69, 9.17) is 10.3 Å². The number of hydrazone groups is 1.